The molecule has 18 heavy (non-hydrogen) atoms. The molecular weight excluding hydrogens is 232 g/mol. The first-order chi connectivity index (χ1) is 8.56. The Bertz CT molecular complexity index is 405. The number of carbonyl (C=O) groups is 1. The second-order valence-electron chi connectivity index (χ2n) is 4.23. The molecule has 5 nitrogen and oxygen atoms in total. The number of aromatic hydroxyl groups is 1. The lowest BCUT2D eigenvalue weighted by molar-refractivity contribution is 0.0949. The van der Waals surface area contributed by atoms with E-state index in [1.807, 2.05) is 6.92 Å². The summed E-state index contributed by atoms with van der Waals surface area (Å²) in [5.74, 6) is -0.154. The van der Waals surface area contributed by atoms with Crippen molar-refractivity contribution < 1.29 is 14.6 Å². The third-order valence-corrected chi connectivity index (χ3v) is 2.59. The summed E-state index contributed by atoms with van der Waals surface area (Å²) in [5.41, 5.74) is 5.83. The van der Waals surface area contributed by atoms with E-state index in [0.717, 1.165) is 12.8 Å². The second-order valence-corrected chi connectivity index (χ2v) is 4.23. The molecule has 0 fully saturated rings. The van der Waals surface area contributed by atoms with Gasteiger partial charge in [-0.15, -0.1) is 0 Å². The maximum absolute atomic E-state index is 11.8. The second kappa shape index (κ2) is 6.86. The topological polar surface area (TPSA) is 84.6 Å². The van der Waals surface area contributed by atoms with Gasteiger partial charge < -0.3 is 20.9 Å². The van der Waals surface area contributed by atoms with Crippen molar-refractivity contribution in [1.82, 2.24) is 5.32 Å². The van der Waals surface area contributed by atoms with Crippen molar-refractivity contribution in [2.75, 3.05) is 13.7 Å². The number of rotatable bonds is 6. The van der Waals surface area contributed by atoms with Gasteiger partial charge in [0.1, 0.15) is 0 Å². The summed E-state index contributed by atoms with van der Waals surface area (Å²) in [6, 6.07) is 4.95. The Morgan fingerprint density at radius 3 is 2.89 bits per heavy atom. The molecule has 4 N–H and O–H groups in total. The molecule has 1 aromatic rings. The highest BCUT2D eigenvalue weighted by molar-refractivity contribution is 5.97. The van der Waals surface area contributed by atoms with E-state index in [-0.39, 0.29) is 23.3 Å². The summed E-state index contributed by atoms with van der Waals surface area (Å²) in [5, 5.41) is 12.5. The molecule has 0 aromatic heterocycles. The number of carbonyl (C=O) groups excluding carboxylic acids is 1. The van der Waals surface area contributed by atoms with Crippen LogP contribution in [0.15, 0.2) is 18.2 Å². The molecule has 1 amide bonds. The van der Waals surface area contributed by atoms with Crippen molar-refractivity contribution in [2.24, 2.45) is 5.73 Å². The van der Waals surface area contributed by atoms with E-state index < -0.39 is 0 Å². The Morgan fingerprint density at radius 2 is 2.28 bits per heavy atom. The third-order valence-electron chi connectivity index (χ3n) is 2.59. The molecule has 0 saturated heterocycles. The van der Waals surface area contributed by atoms with Gasteiger partial charge in [-0.1, -0.05) is 6.07 Å². The quantitative estimate of drug-likeness (QED) is 0.665. The fourth-order valence-electron chi connectivity index (χ4n) is 1.59. The lowest BCUT2D eigenvalue weighted by atomic mass is 10.1. The van der Waals surface area contributed by atoms with Crippen molar-refractivity contribution in [3.63, 3.8) is 0 Å². The predicted octanol–water partition coefficient (Wildman–Crippen LogP) is 1.26. The molecule has 0 heterocycles. The standard InChI is InChI=1S/C13H20N2O3/c1-9(14)5-4-8-15-13(17)10-6-3-7-11(18-2)12(10)16/h3,6-7,9,16H,4-5,8,14H2,1-2H3,(H,15,17). The normalized spacial score (nSPS) is 11.9. The van der Waals surface area contributed by atoms with Gasteiger partial charge in [-0.25, -0.2) is 0 Å². The first-order valence-electron chi connectivity index (χ1n) is 5.96. The number of para-hydroxylation sites is 1. The van der Waals surface area contributed by atoms with E-state index in [2.05, 4.69) is 5.32 Å². The van der Waals surface area contributed by atoms with Crippen molar-refractivity contribution in [2.45, 2.75) is 25.8 Å². The molecule has 0 aliphatic rings. The maximum atomic E-state index is 11.8. The van der Waals surface area contributed by atoms with Gasteiger partial charge in [-0.3, -0.25) is 4.79 Å². The Morgan fingerprint density at radius 1 is 1.56 bits per heavy atom. The molecule has 1 rings (SSSR count). The largest absolute Gasteiger partial charge is 0.504 e. The van der Waals surface area contributed by atoms with Gasteiger partial charge in [-0.05, 0) is 31.9 Å². The average Bonchev–Trinajstić information content (AvgIpc) is 2.34. The predicted molar refractivity (Wildman–Crippen MR) is 69.9 cm³/mol. The summed E-state index contributed by atoms with van der Waals surface area (Å²) in [4.78, 5) is 11.8. The Hall–Kier alpha value is -1.75. The molecule has 0 bridgehead atoms. The molecule has 1 unspecified atom stereocenters. The van der Waals surface area contributed by atoms with Crippen LogP contribution < -0.4 is 15.8 Å². The van der Waals surface area contributed by atoms with Crippen LogP contribution in [0.4, 0.5) is 0 Å². The van der Waals surface area contributed by atoms with Gasteiger partial charge in [-0.2, -0.15) is 0 Å². The van der Waals surface area contributed by atoms with Crippen molar-refractivity contribution in [3.05, 3.63) is 23.8 Å². The van der Waals surface area contributed by atoms with E-state index >= 15 is 0 Å². The lowest BCUT2D eigenvalue weighted by Gasteiger charge is -2.10. The summed E-state index contributed by atoms with van der Waals surface area (Å²) in [6.45, 7) is 2.47. The van der Waals surface area contributed by atoms with E-state index in [4.69, 9.17) is 10.5 Å². The monoisotopic (exact) mass is 252 g/mol. The van der Waals surface area contributed by atoms with Crippen LogP contribution in [0.5, 0.6) is 11.5 Å². The fraction of sp³-hybridized carbons (Fsp3) is 0.462. The van der Waals surface area contributed by atoms with Crippen molar-refractivity contribution >= 4 is 5.91 Å². The lowest BCUT2D eigenvalue weighted by Crippen LogP contribution is -2.26. The van der Waals surface area contributed by atoms with Gasteiger partial charge in [0.15, 0.2) is 11.5 Å². The van der Waals surface area contributed by atoms with Crippen molar-refractivity contribution in [1.29, 1.82) is 0 Å². The van der Waals surface area contributed by atoms with Crippen LogP contribution in [0.25, 0.3) is 0 Å². The highest BCUT2D eigenvalue weighted by Crippen LogP contribution is 2.29. The summed E-state index contributed by atoms with van der Waals surface area (Å²) >= 11 is 0. The van der Waals surface area contributed by atoms with E-state index in [1.165, 1.54) is 7.11 Å². The van der Waals surface area contributed by atoms with E-state index in [1.54, 1.807) is 18.2 Å². The fourth-order valence-corrected chi connectivity index (χ4v) is 1.59. The Balaban J connectivity index is 2.56. The molecule has 5 heteroatoms. The molecule has 0 spiro atoms. The third kappa shape index (κ3) is 3.92. The molecule has 0 aliphatic carbocycles. The average molecular weight is 252 g/mol. The minimum Gasteiger partial charge on any atom is -0.504 e. The molecule has 1 aromatic carbocycles. The van der Waals surface area contributed by atoms with E-state index in [0.29, 0.717) is 12.3 Å². The van der Waals surface area contributed by atoms with Crippen molar-refractivity contribution in [3.8, 4) is 11.5 Å². The highest BCUT2D eigenvalue weighted by Gasteiger charge is 2.13. The van der Waals surface area contributed by atoms with Crippen LogP contribution >= 0.6 is 0 Å². The zero-order valence-corrected chi connectivity index (χ0v) is 10.8. The smallest absolute Gasteiger partial charge is 0.255 e. The van der Waals surface area contributed by atoms with Crippen LogP contribution in [0, 0.1) is 0 Å². The van der Waals surface area contributed by atoms with Crippen LogP contribution in [0.2, 0.25) is 0 Å². The minimum absolute atomic E-state index is 0.132. The van der Waals surface area contributed by atoms with Gasteiger partial charge in [0.05, 0.1) is 12.7 Å². The van der Waals surface area contributed by atoms with Crippen LogP contribution in [-0.4, -0.2) is 30.7 Å². The van der Waals surface area contributed by atoms with Crippen LogP contribution in [-0.2, 0) is 0 Å². The molecule has 0 aliphatic heterocycles. The number of hydrogen-bond acceptors (Lipinski definition) is 4. The molecule has 100 valence electrons. The van der Waals surface area contributed by atoms with E-state index in [9.17, 15) is 9.90 Å². The zero-order valence-electron chi connectivity index (χ0n) is 10.8. The highest BCUT2D eigenvalue weighted by atomic mass is 16.5. The SMILES string of the molecule is COc1cccc(C(=O)NCCCC(C)N)c1O. The van der Waals surface area contributed by atoms with Gasteiger partial charge in [0.2, 0.25) is 0 Å². The number of ether oxygens (including phenoxy) is 1. The Kier molecular flexibility index (Phi) is 5.45. The number of nitrogens with one attached hydrogen (secondary N) is 1. The molecule has 1 atom stereocenters. The number of phenols is 1. The zero-order chi connectivity index (χ0) is 13.5. The van der Waals surface area contributed by atoms with Gasteiger partial charge in [0, 0.05) is 12.6 Å². The Labute approximate surface area is 107 Å². The molecular formula is C13H20N2O3. The maximum Gasteiger partial charge on any atom is 0.255 e. The van der Waals surface area contributed by atoms with Gasteiger partial charge >= 0.3 is 0 Å². The summed E-state index contributed by atoms with van der Waals surface area (Å²) < 4.78 is 4.95. The van der Waals surface area contributed by atoms with Crippen LogP contribution in [0.3, 0.4) is 0 Å². The molecule has 0 saturated carbocycles. The number of amides is 1. The van der Waals surface area contributed by atoms with Crippen LogP contribution in [0.1, 0.15) is 30.1 Å². The first-order valence-corrected chi connectivity index (χ1v) is 5.96. The number of benzene rings is 1. The summed E-state index contributed by atoms with van der Waals surface area (Å²) in [7, 11) is 1.44. The number of phenolic OH excluding ortho intramolecular Hbond substituents is 1. The van der Waals surface area contributed by atoms with Gasteiger partial charge in [0.25, 0.3) is 5.91 Å². The molecule has 0 radical (unpaired) electrons. The number of methoxy groups -OCH3 is 1. The minimum atomic E-state index is -0.309. The summed E-state index contributed by atoms with van der Waals surface area (Å²) in [6.07, 6.45) is 1.67. The number of nitrogens with two attached hydrogens (primary N) is 1. The number of hydrogen-bond donors (Lipinski definition) is 3. The first kappa shape index (κ1) is 14.3.